The third-order valence-corrected chi connectivity index (χ3v) is 3.72. The van der Waals surface area contributed by atoms with Gasteiger partial charge in [-0.15, -0.1) is 0 Å². The molecule has 102 valence electrons. The van der Waals surface area contributed by atoms with Crippen LogP contribution in [0.1, 0.15) is 19.4 Å². The van der Waals surface area contributed by atoms with E-state index in [9.17, 15) is 5.11 Å². The van der Waals surface area contributed by atoms with Crippen LogP contribution in [0.25, 0.3) is 22.4 Å². The van der Waals surface area contributed by atoms with Crippen molar-refractivity contribution in [3.05, 3.63) is 54.1 Å². The van der Waals surface area contributed by atoms with Gasteiger partial charge >= 0.3 is 0 Å². The van der Waals surface area contributed by atoms with Gasteiger partial charge in [-0.2, -0.15) is 0 Å². The Morgan fingerprint density at radius 2 is 1.75 bits per heavy atom. The molecule has 3 nitrogen and oxygen atoms in total. The maximum atomic E-state index is 9.41. The van der Waals surface area contributed by atoms with Gasteiger partial charge in [-0.05, 0) is 17.7 Å². The summed E-state index contributed by atoms with van der Waals surface area (Å²) in [6.07, 6.45) is 0. The van der Waals surface area contributed by atoms with Crippen LogP contribution in [0.5, 0.6) is 0 Å². The van der Waals surface area contributed by atoms with Crippen molar-refractivity contribution in [1.82, 2.24) is 9.97 Å². The van der Waals surface area contributed by atoms with Crippen LogP contribution in [0.3, 0.4) is 0 Å². The van der Waals surface area contributed by atoms with E-state index in [1.807, 2.05) is 50.2 Å². The number of aliphatic hydroxyl groups is 1. The first-order chi connectivity index (χ1) is 9.60. The van der Waals surface area contributed by atoms with Crippen LogP contribution < -0.4 is 0 Å². The van der Waals surface area contributed by atoms with Gasteiger partial charge in [0, 0.05) is 11.0 Å². The van der Waals surface area contributed by atoms with Crippen molar-refractivity contribution < 1.29 is 5.11 Å². The van der Waals surface area contributed by atoms with E-state index in [4.69, 9.17) is 0 Å². The van der Waals surface area contributed by atoms with Crippen molar-refractivity contribution in [3.8, 4) is 11.4 Å². The van der Waals surface area contributed by atoms with Gasteiger partial charge in [0.25, 0.3) is 0 Å². The Morgan fingerprint density at radius 3 is 2.40 bits per heavy atom. The Labute approximate surface area is 118 Å². The highest BCUT2D eigenvalue weighted by Crippen LogP contribution is 2.26. The van der Waals surface area contributed by atoms with Gasteiger partial charge in [-0.1, -0.05) is 50.2 Å². The molecule has 0 spiro atoms. The number of aliphatic hydroxyl groups excluding tert-OH is 1. The zero-order valence-electron chi connectivity index (χ0n) is 11.7. The summed E-state index contributed by atoms with van der Waals surface area (Å²) in [7, 11) is 0. The number of fused-ring (bicyclic) bond motifs is 1. The number of aromatic amines is 1. The summed E-state index contributed by atoms with van der Waals surface area (Å²) >= 11 is 0. The number of hydrogen-bond acceptors (Lipinski definition) is 2. The molecule has 0 aliphatic rings. The SMILES string of the molecule is CC(C)(CO)c1ccc(-c2nc3ccccc3[nH]2)cc1. The number of aromatic nitrogens is 2. The molecule has 0 aliphatic heterocycles. The lowest BCUT2D eigenvalue weighted by molar-refractivity contribution is 0.218. The van der Waals surface area contributed by atoms with E-state index in [0.717, 1.165) is 28.0 Å². The summed E-state index contributed by atoms with van der Waals surface area (Å²) in [5.41, 5.74) is 3.98. The molecule has 2 aromatic carbocycles. The van der Waals surface area contributed by atoms with Crippen molar-refractivity contribution in [1.29, 1.82) is 0 Å². The zero-order valence-corrected chi connectivity index (χ0v) is 11.7. The summed E-state index contributed by atoms with van der Waals surface area (Å²) < 4.78 is 0. The van der Waals surface area contributed by atoms with Crippen molar-refractivity contribution in [3.63, 3.8) is 0 Å². The van der Waals surface area contributed by atoms with Gasteiger partial charge in [-0.3, -0.25) is 0 Å². The molecule has 3 aromatic rings. The highest BCUT2D eigenvalue weighted by atomic mass is 16.3. The molecule has 0 saturated carbocycles. The molecule has 3 rings (SSSR count). The lowest BCUT2D eigenvalue weighted by Gasteiger charge is -2.22. The summed E-state index contributed by atoms with van der Waals surface area (Å²) in [6, 6.07) is 16.2. The van der Waals surface area contributed by atoms with E-state index < -0.39 is 0 Å². The van der Waals surface area contributed by atoms with Crippen LogP contribution in [-0.4, -0.2) is 21.7 Å². The normalized spacial score (nSPS) is 11.9. The summed E-state index contributed by atoms with van der Waals surface area (Å²) in [4.78, 5) is 7.91. The Bertz CT molecular complexity index is 693. The second-order valence-corrected chi connectivity index (χ2v) is 5.72. The first-order valence-corrected chi connectivity index (χ1v) is 6.77. The Kier molecular flexibility index (Phi) is 3.07. The number of benzene rings is 2. The molecule has 1 heterocycles. The van der Waals surface area contributed by atoms with Crippen molar-refractivity contribution >= 4 is 11.0 Å². The molecular formula is C17H18N2O. The monoisotopic (exact) mass is 266 g/mol. The number of hydrogen-bond donors (Lipinski definition) is 2. The van der Waals surface area contributed by atoms with E-state index in [-0.39, 0.29) is 12.0 Å². The van der Waals surface area contributed by atoms with Gasteiger partial charge in [0.2, 0.25) is 0 Å². The molecule has 0 radical (unpaired) electrons. The van der Waals surface area contributed by atoms with E-state index in [0.29, 0.717) is 0 Å². The van der Waals surface area contributed by atoms with Crippen LogP contribution in [0.2, 0.25) is 0 Å². The molecule has 0 amide bonds. The van der Waals surface area contributed by atoms with Crippen LogP contribution in [0.15, 0.2) is 48.5 Å². The fourth-order valence-corrected chi connectivity index (χ4v) is 2.26. The number of rotatable bonds is 3. The van der Waals surface area contributed by atoms with Gasteiger partial charge in [-0.25, -0.2) is 4.98 Å². The number of para-hydroxylation sites is 2. The molecule has 2 N–H and O–H groups in total. The molecule has 0 bridgehead atoms. The largest absolute Gasteiger partial charge is 0.395 e. The van der Waals surface area contributed by atoms with Crippen LogP contribution in [0.4, 0.5) is 0 Å². The molecule has 3 heteroatoms. The standard InChI is InChI=1S/C17H18N2O/c1-17(2,11-20)13-9-7-12(8-10-13)16-18-14-5-3-4-6-15(14)19-16/h3-10,20H,11H2,1-2H3,(H,18,19). The molecule has 0 aliphatic carbocycles. The molecule has 1 aromatic heterocycles. The van der Waals surface area contributed by atoms with Crippen molar-refractivity contribution in [2.75, 3.05) is 6.61 Å². The fraction of sp³-hybridized carbons (Fsp3) is 0.235. The number of nitrogens with one attached hydrogen (secondary N) is 1. The van der Waals surface area contributed by atoms with Gasteiger partial charge in [0.15, 0.2) is 0 Å². The minimum absolute atomic E-state index is 0.136. The first-order valence-electron chi connectivity index (χ1n) is 6.77. The smallest absolute Gasteiger partial charge is 0.138 e. The highest BCUT2D eigenvalue weighted by molar-refractivity contribution is 5.79. The van der Waals surface area contributed by atoms with Gasteiger partial charge in [0.1, 0.15) is 5.82 Å². The molecule has 0 fully saturated rings. The second-order valence-electron chi connectivity index (χ2n) is 5.72. The third kappa shape index (κ3) is 2.21. The second kappa shape index (κ2) is 4.76. The van der Waals surface area contributed by atoms with E-state index in [2.05, 4.69) is 22.1 Å². The van der Waals surface area contributed by atoms with E-state index >= 15 is 0 Å². The molecule has 20 heavy (non-hydrogen) atoms. The van der Waals surface area contributed by atoms with Crippen molar-refractivity contribution in [2.24, 2.45) is 0 Å². The van der Waals surface area contributed by atoms with E-state index in [1.165, 1.54) is 0 Å². The number of nitrogens with zero attached hydrogens (tertiary/aromatic N) is 1. The number of imidazole rings is 1. The Hall–Kier alpha value is -2.13. The molecule has 0 saturated heterocycles. The molecule has 0 atom stereocenters. The zero-order chi connectivity index (χ0) is 14.2. The first kappa shape index (κ1) is 12.9. The predicted molar refractivity (Wildman–Crippen MR) is 81.6 cm³/mol. The lowest BCUT2D eigenvalue weighted by Crippen LogP contribution is -2.21. The van der Waals surface area contributed by atoms with E-state index in [1.54, 1.807) is 0 Å². The highest BCUT2D eigenvalue weighted by Gasteiger charge is 2.19. The topological polar surface area (TPSA) is 48.9 Å². The van der Waals surface area contributed by atoms with Gasteiger partial charge in [0.05, 0.1) is 17.6 Å². The maximum absolute atomic E-state index is 9.41. The summed E-state index contributed by atoms with van der Waals surface area (Å²) in [5, 5.41) is 9.41. The number of H-pyrrole nitrogens is 1. The minimum Gasteiger partial charge on any atom is -0.395 e. The van der Waals surface area contributed by atoms with Crippen LogP contribution in [0, 0.1) is 0 Å². The summed E-state index contributed by atoms with van der Waals surface area (Å²) in [5.74, 6) is 0.875. The third-order valence-electron chi connectivity index (χ3n) is 3.72. The molecular weight excluding hydrogens is 248 g/mol. The quantitative estimate of drug-likeness (QED) is 0.762. The van der Waals surface area contributed by atoms with Crippen LogP contribution in [-0.2, 0) is 5.41 Å². The maximum Gasteiger partial charge on any atom is 0.138 e. The van der Waals surface area contributed by atoms with Gasteiger partial charge < -0.3 is 10.1 Å². The lowest BCUT2D eigenvalue weighted by atomic mass is 9.85. The minimum atomic E-state index is -0.216. The summed E-state index contributed by atoms with van der Waals surface area (Å²) in [6.45, 7) is 4.20. The predicted octanol–water partition coefficient (Wildman–Crippen LogP) is 3.50. The van der Waals surface area contributed by atoms with Crippen LogP contribution >= 0.6 is 0 Å². The molecule has 0 unspecified atom stereocenters. The Morgan fingerprint density at radius 1 is 1.05 bits per heavy atom. The average molecular weight is 266 g/mol. The Balaban J connectivity index is 1.98. The fourth-order valence-electron chi connectivity index (χ4n) is 2.26. The van der Waals surface area contributed by atoms with Crippen molar-refractivity contribution in [2.45, 2.75) is 19.3 Å². The average Bonchev–Trinajstić information content (AvgIpc) is 2.91.